The van der Waals surface area contributed by atoms with Crippen LogP contribution >= 0.6 is 11.6 Å². The summed E-state index contributed by atoms with van der Waals surface area (Å²) in [5.74, 6) is 0.983. The molecule has 1 heterocycles. The molecule has 5 nitrogen and oxygen atoms in total. The van der Waals surface area contributed by atoms with Crippen LogP contribution in [-0.2, 0) is 10.0 Å². The Labute approximate surface area is 154 Å². The van der Waals surface area contributed by atoms with Crippen LogP contribution in [0.4, 0.5) is 5.82 Å². The minimum absolute atomic E-state index is 0.224. The molecule has 1 aromatic carbocycles. The van der Waals surface area contributed by atoms with Crippen LogP contribution in [0.1, 0.15) is 36.5 Å². The highest BCUT2D eigenvalue weighted by atomic mass is 35.5. The maximum atomic E-state index is 12.8. The van der Waals surface area contributed by atoms with Crippen molar-refractivity contribution in [2.24, 2.45) is 0 Å². The van der Waals surface area contributed by atoms with Crippen molar-refractivity contribution >= 4 is 27.4 Å². The Morgan fingerprint density at radius 1 is 1.20 bits per heavy atom. The fourth-order valence-corrected chi connectivity index (χ4v) is 3.98. The minimum Gasteiger partial charge on any atom is -0.493 e. The van der Waals surface area contributed by atoms with Crippen LogP contribution in [0.3, 0.4) is 0 Å². The van der Waals surface area contributed by atoms with Gasteiger partial charge in [-0.2, -0.15) is 0 Å². The number of nitrogens with zero attached hydrogens (tertiary/aromatic N) is 1. The molecule has 0 amide bonds. The maximum absolute atomic E-state index is 12.8. The molecule has 0 atom stereocenters. The van der Waals surface area contributed by atoms with Crippen LogP contribution < -0.4 is 9.46 Å². The summed E-state index contributed by atoms with van der Waals surface area (Å²) in [5, 5.41) is 0.444. The van der Waals surface area contributed by atoms with Crippen LogP contribution in [0.15, 0.2) is 29.3 Å². The van der Waals surface area contributed by atoms with Gasteiger partial charge in [0.25, 0.3) is 10.0 Å². The number of aromatic nitrogens is 1. The molecule has 0 saturated carbocycles. The zero-order valence-corrected chi connectivity index (χ0v) is 16.5. The molecular weight excluding hydrogens is 360 g/mol. The van der Waals surface area contributed by atoms with E-state index < -0.39 is 10.0 Å². The first kappa shape index (κ1) is 19.5. The van der Waals surface area contributed by atoms with Gasteiger partial charge in [0.05, 0.1) is 16.5 Å². The van der Waals surface area contributed by atoms with E-state index in [0.717, 1.165) is 29.7 Å². The number of benzene rings is 1. The van der Waals surface area contributed by atoms with Gasteiger partial charge in [-0.15, -0.1) is 0 Å². The van der Waals surface area contributed by atoms with Gasteiger partial charge < -0.3 is 4.74 Å². The zero-order valence-electron chi connectivity index (χ0n) is 14.9. The van der Waals surface area contributed by atoms with E-state index in [1.165, 1.54) is 12.3 Å². The number of aryl methyl sites for hydroxylation is 1. The number of halogens is 1. The monoisotopic (exact) mass is 382 g/mol. The van der Waals surface area contributed by atoms with E-state index in [9.17, 15) is 8.42 Å². The molecule has 1 aromatic heterocycles. The Morgan fingerprint density at radius 2 is 1.92 bits per heavy atom. The Bertz CT molecular complexity index is 850. The van der Waals surface area contributed by atoms with Crippen molar-refractivity contribution in [2.75, 3.05) is 11.3 Å². The molecule has 7 heteroatoms. The van der Waals surface area contributed by atoms with Gasteiger partial charge in [0, 0.05) is 6.20 Å². The second-order valence-corrected chi connectivity index (χ2v) is 8.03. The fourth-order valence-electron chi connectivity index (χ4n) is 2.47. The second-order valence-electron chi connectivity index (χ2n) is 5.94. The standard InChI is InChI=1S/C18H23ClN2O3S/c1-5-6-9-24-18-12(2)10-16(13(3)14(18)4)25(22,23)21-17-8-7-15(19)11-20-17/h7-8,10-11H,5-6,9H2,1-4H3,(H,20,21). The summed E-state index contributed by atoms with van der Waals surface area (Å²) in [6, 6.07) is 4.75. The van der Waals surface area contributed by atoms with Gasteiger partial charge in [-0.1, -0.05) is 24.9 Å². The molecule has 2 aromatic rings. The van der Waals surface area contributed by atoms with Crippen LogP contribution in [0.5, 0.6) is 5.75 Å². The quantitative estimate of drug-likeness (QED) is 0.708. The van der Waals surface area contributed by atoms with E-state index in [4.69, 9.17) is 16.3 Å². The predicted molar refractivity (Wildman–Crippen MR) is 101 cm³/mol. The summed E-state index contributed by atoms with van der Waals surface area (Å²) in [5.41, 5.74) is 2.29. The summed E-state index contributed by atoms with van der Waals surface area (Å²) in [4.78, 5) is 4.21. The van der Waals surface area contributed by atoms with Gasteiger partial charge >= 0.3 is 0 Å². The topological polar surface area (TPSA) is 68.3 Å². The highest BCUT2D eigenvalue weighted by Gasteiger charge is 2.22. The smallest absolute Gasteiger partial charge is 0.263 e. The van der Waals surface area contributed by atoms with Crippen LogP contribution in [0, 0.1) is 20.8 Å². The number of anilines is 1. The molecule has 2 rings (SSSR count). The molecule has 25 heavy (non-hydrogen) atoms. The van der Waals surface area contributed by atoms with Gasteiger partial charge in [-0.3, -0.25) is 4.72 Å². The van der Waals surface area contributed by atoms with Crippen molar-refractivity contribution in [1.82, 2.24) is 4.98 Å². The number of ether oxygens (including phenoxy) is 1. The van der Waals surface area contributed by atoms with Crippen LogP contribution in [0.25, 0.3) is 0 Å². The van der Waals surface area contributed by atoms with Crippen LogP contribution in [-0.4, -0.2) is 20.0 Å². The first-order valence-electron chi connectivity index (χ1n) is 8.14. The number of hydrogen-bond donors (Lipinski definition) is 1. The van der Waals surface area contributed by atoms with Crippen molar-refractivity contribution in [3.63, 3.8) is 0 Å². The summed E-state index contributed by atoms with van der Waals surface area (Å²) < 4.78 is 33.9. The van der Waals surface area contributed by atoms with Crippen molar-refractivity contribution in [3.05, 3.63) is 46.1 Å². The lowest BCUT2D eigenvalue weighted by molar-refractivity contribution is 0.305. The summed E-state index contributed by atoms with van der Waals surface area (Å²) >= 11 is 5.78. The number of pyridine rings is 1. The van der Waals surface area contributed by atoms with E-state index in [-0.39, 0.29) is 10.7 Å². The second kappa shape index (κ2) is 8.06. The molecule has 1 N–H and O–H groups in total. The van der Waals surface area contributed by atoms with Crippen molar-refractivity contribution < 1.29 is 13.2 Å². The Balaban J connectivity index is 2.36. The molecular formula is C18H23ClN2O3S. The molecule has 136 valence electrons. The largest absolute Gasteiger partial charge is 0.493 e. The third-order valence-corrected chi connectivity index (χ3v) is 5.68. The number of rotatable bonds is 7. The third kappa shape index (κ3) is 4.64. The van der Waals surface area contributed by atoms with E-state index in [0.29, 0.717) is 17.2 Å². The Morgan fingerprint density at radius 3 is 2.52 bits per heavy atom. The molecule has 0 radical (unpaired) electrons. The molecule has 0 fully saturated rings. The van der Waals surface area contributed by atoms with Crippen molar-refractivity contribution in [3.8, 4) is 5.75 Å². The number of nitrogens with one attached hydrogen (secondary N) is 1. The number of sulfonamides is 1. The average molecular weight is 383 g/mol. The Hall–Kier alpha value is -1.79. The first-order valence-corrected chi connectivity index (χ1v) is 10.0. The highest BCUT2D eigenvalue weighted by Crippen LogP contribution is 2.32. The highest BCUT2D eigenvalue weighted by molar-refractivity contribution is 7.92. The summed E-state index contributed by atoms with van der Waals surface area (Å²) in [6.07, 6.45) is 3.40. The molecule has 0 spiro atoms. The Kier molecular flexibility index (Phi) is 6.30. The molecule has 0 aliphatic rings. The summed E-state index contributed by atoms with van der Waals surface area (Å²) in [6.45, 7) is 8.24. The summed E-state index contributed by atoms with van der Waals surface area (Å²) in [7, 11) is -3.75. The SMILES string of the molecule is CCCCOc1c(C)cc(S(=O)(=O)Nc2ccc(Cl)cn2)c(C)c1C. The van der Waals surface area contributed by atoms with E-state index in [2.05, 4.69) is 16.6 Å². The van der Waals surface area contributed by atoms with Gasteiger partial charge in [0.1, 0.15) is 11.6 Å². The number of hydrogen-bond acceptors (Lipinski definition) is 4. The average Bonchev–Trinajstić information content (AvgIpc) is 2.56. The molecule has 0 unspecified atom stereocenters. The van der Waals surface area contributed by atoms with Gasteiger partial charge in [0.15, 0.2) is 0 Å². The predicted octanol–water partition coefficient (Wildman–Crippen LogP) is 4.64. The van der Waals surface area contributed by atoms with Crippen molar-refractivity contribution in [1.29, 1.82) is 0 Å². The van der Waals surface area contributed by atoms with Gasteiger partial charge in [-0.05, 0) is 62.1 Å². The van der Waals surface area contributed by atoms with E-state index >= 15 is 0 Å². The van der Waals surface area contributed by atoms with Gasteiger partial charge in [-0.25, -0.2) is 13.4 Å². The van der Waals surface area contributed by atoms with Crippen LogP contribution in [0.2, 0.25) is 5.02 Å². The lowest BCUT2D eigenvalue weighted by Gasteiger charge is -2.18. The molecule has 0 aliphatic heterocycles. The third-order valence-electron chi connectivity index (χ3n) is 3.98. The van der Waals surface area contributed by atoms with E-state index in [1.807, 2.05) is 13.8 Å². The molecule has 0 saturated heterocycles. The fraction of sp³-hybridized carbons (Fsp3) is 0.389. The normalized spacial score (nSPS) is 11.4. The lowest BCUT2D eigenvalue weighted by Crippen LogP contribution is -2.16. The maximum Gasteiger partial charge on any atom is 0.263 e. The lowest BCUT2D eigenvalue weighted by atomic mass is 10.1. The first-order chi connectivity index (χ1) is 11.8. The van der Waals surface area contributed by atoms with Crippen molar-refractivity contribution in [2.45, 2.75) is 45.4 Å². The molecule has 0 aliphatic carbocycles. The molecule has 0 bridgehead atoms. The number of unbranched alkanes of at least 4 members (excludes halogenated alkanes) is 1. The zero-order chi connectivity index (χ0) is 18.6. The minimum atomic E-state index is -3.75. The van der Waals surface area contributed by atoms with Gasteiger partial charge in [0.2, 0.25) is 0 Å². The van der Waals surface area contributed by atoms with E-state index in [1.54, 1.807) is 19.1 Å².